The Labute approximate surface area is 152 Å². The molecule has 1 aromatic rings. The van der Waals surface area contributed by atoms with E-state index in [0.717, 1.165) is 31.3 Å². The zero-order valence-corrected chi connectivity index (χ0v) is 15.6. The predicted octanol–water partition coefficient (Wildman–Crippen LogP) is 1.36. The molecule has 2 amide bonds. The fraction of sp³-hybridized carbons (Fsp3) is 0.765. The number of likely N-dealkylation sites (tertiary alicyclic amines) is 1. The maximum Gasteiger partial charge on any atom is 0.233 e. The zero-order chi connectivity index (χ0) is 17.8. The van der Waals surface area contributed by atoms with Gasteiger partial charge in [-0.3, -0.25) is 9.59 Å². The van der Waals surface area contributed by atoms with Gasteiger partial charge in [-0.1, -0.05) is 31.0 Å². The van der Waals surface area contributed by atoms with Crippen molar-refractivity contribution in [2.75, 3.05) is 18.8 Å². The van der Waals surface area contributed by atoms with Crippen molar-refractivity contribution in [1.29, 1.82) is 0 Å². The van der Waals surface area contributed by atoms with E-state index in [4.69, 9.17) is 5.73 Å². The molecule has 1 aliphatic heterocycles. The summed E-state index contributed by atoms with van der Waals surface area (Å²) in [6.45, 7) is 1.82. The van der Waals surface area contributed by atoms with Gasteiger partial charge in [0, 0.05) is 33.0 Å². The van der Waals surface area contributed by atoms with Gasteiger partial charge >= 0.3 is 0 Å². The van der Waals surface area contributed by atoms with E-state index in [9.17, 15) is 9.59 Å². The number of amides is 2. The van der Waals surface area contributed by atoms with Crippen molar-refractivity contribution in [2.45, 2.75) is 50.1 Å². The minimum atomic E-state index is -0.349. The third-order valence-corrected chi connectivity index (χ3v) is 6.49. The molecule has 138 valence electrons. The van der Waals surface area contributed by atoms with Crippen molar-refractivity contribution < 1.29 is 9.59 Å². The second-order valence-corrected chi connectivity index (χ2v) is 8.09. The van der Waals surface area contributed by atoms with E-state index in [1.54, 1.807) is 0 Å². The number of primary amides is 1. The summed E-state index contributed by atoms with van der Waals surface area (Å²) in [6, 6.07) is 0. The molecular weight excluding hydrogens is 338 g/mol. The van der Waals surface area contributed by atoms with E-state index < -0.39 is 0 Å². The van der Waals surface area contributed by atoms with Crippen LogP contribution in [0.4, 0.5) is 0 Å². The lowest BCUT2D eigenvalue weighted by Crippen LogP contribution is -2.45. The van der Waals surface area contributed by atoms with Gasteiger partial charge in [0.15, 0.2) is 5.16 Å². The second-order valence-electron chi connectivity index (χ2n) is 7.15. The molecule has 7 nitrogen and oxygen atoms in total. The molecular formula is C17H27N5O2S. The molecule has 2 heterocycles. The number of nitrogens with two attached hydrogens (primary N) is 1. The van der Waals surface area contributed by atoms with Crippen LogP contribution < -0.4 is 5.73 Å². The van der Waals surface area contributed by atoms with E-state index in [-0.39, 0.29) is 18.2 Å². The summed E-state index contributed by atoms with van der Waals surface area (Å²) in [7, 11) is 1.86. The third kappa shape index (κ3) is 4.54. The number of aromatic nitrogens is 3. The van der Waals surface area contributed by atoms with Crippen LogP contribution in [0.15, 0.2) is 5.16 Å². The van der Waals surface area contributed by atoms with Gasteiger partial charge in [0.25, 0.3) is 0 Å². The Morgan fingerprint density at radius 3 is 2.72 bits per heavy atom. The molecule has 3 rings (SSSR count). The molecule has 0 bridgehead atoms. The molecule has 0 aromatic carbocycles. The average Bonchev–Trinajstić information content (AvgIpc) is 2.97. The average molecular weight is 366 g/mol. The standard InChI is InChI=1S/C17H27N5O2S/c1-21-15(7-6-14(18)23)19-20-17(21)25-11-16(24)22-9-8-12-4-2-3-5-13(12)10-22/h12-13H,2-11H2,1H3,(H2,18,23)/t12-,13+/m1/s1. The Kier molecular flexibility index (Phi) is 5.98. The molecule has 2 atom stereocenters. The Balaban J connectivity index is 1.50. The molecule has 1 aromatic heterocycles. The highest BCUT2D eigenvalue weighted by Crippen LogP contribution is 2.36. The van der Waals surface area contributed by atoms with Crippen LogP contribution in [0.1, 0.15) is 44.3 Å². The van der Waals surface area contributed by atoms with E-state index >= 15 is 0 Å². The van der Waals surface area contributed by atoms with Crippen molar-refractivity contribution in [3.63, 3.8) is 0 Å². The van der Waals surface area contributed by atoms with Crippen LogP contribution in [0.3, 0.4) is 0 Å². The summed E-state index contributed by atoms with van der Waals surface area (Å²) in [5.41, 5.74) is 5.17. The van der Waals surface area contributed by atoms with E-state index in [1.807, 2.05) is 16.5 Å². The molecule has 1 saturated carbocycles. The highest BCUT2D eigenvalue weighted by molar-refractivity contribution is 7.99. The molecule has 2 N–H and O–H groups in total. The highest BCUT2D eigenvalue weighted by atomic mass is 32.2. The van der Waals surface area contributed by atoms with Crippen molar-refractivity contribution in [1.82, 2.24) is 19.7 Å². The number of carbonyl (C=O) groups is 2. The number of fused-ring (bicyclic) bond motifs is 1. The smallest absolute Gasteiger partial charge is 0.233 e. The number of hydrogen-bond donors (Lipinski definition) is 1. The van der Waals surface area contributed by atoms with E-state index in [2.05, 4.69) is 10.2 Å². The van der Waals surface area contributed by atoms with Crippen LogP contribution in [-0.2, 0) is 23.1 Å². The number of aryl methyl sites for hydroxylation is 1. The monoisotopic (exact) mass is 365 g/mol. The van der Waals surface area contributed by atoms with Crippen LogP contribution in [0.5, 0.6) is 0 Å². The van der Waals surface area contributed by atoms with E-state index in [1.165, 1.54) is 37.4 Å². The van der Waals surface area contributed by atoms with E-state index in [0.29, 0.717) is 23.2 Å². The quantitative estimate of drug-likeness (QED) is 0.768. The molecule has 0 unspecified atom stereocenters. The summed E-state index contributed by atoms with van der Waals surface area (Å²) in [4.78, 5) is 25.5. The Hall–Kier alpha value is -1.57. The minimum Gasteiger partial charge on any atom is -0.370 e. The van der Waals surface area contributed by atoms with Gasteiger partial charge in [0.2, 0.25) is 11.8 Å². The van der Waals surface area contributed by atoms with Crippen LogP contribution in [0, 0.1) is 11.8 Å². The lowest BCUT2D eigenvalue weighted by atomic mass is 9.75. The lowest BCUT2D eigenvalue weighted by molar-refractivity contribution is -0.131. The minimum absolute atomic E-state index is 0.190. The van der Waals surface area contributed by atoms with Gasteiger partial charge in [0.1, 0.15) is 5.82 Å². The lowest BCUT2D eigenvalue weighted by Gasteiger charge is -2.41. The molecule has 1 aliphatic carbocycles. The van der Waals surface area contributed by atoms with Gasteiger partial charge in [-0.25, -0.2) is 0 Å². The van der Waals surface area contributed by atoms with Gasteiger partial charge in [0.05, 0.1) is 5.75 Å². The summed E-state index contributed by atoms with van der Waals surface area (Å²) < 4.78 is 1.84. The Bertz CT molecular complexity index is 633. The first-order valence-electron chi connectivity index (χ1n) is 9.11. The summed E-state index contributed by atoms with van der Waals surface area (Å²) in [5, 5.41) is 8.93. The van der Waals surface area contributed by atoms with Crippen molar-refractivity contribution in [2.24, 2.45) is 24.6 Å². The number of hydrogen-bond acceptors (Lipinski definition) is 5. The third-order valence-electron chi connectivity index (χ3n) is 5.49. The van der Waals surface area contributed by atoms with Gasteiger partial charge in [-0.2, -0.15) is 0 Å². The predicted molar refractivity (Wildman–Crippen MR) is 95.9 cm³/mol. The first-order chi connectivity index (χ1) is 12.0. The summed E-state index contributed by atoms with van der Waals surface area (Å²) >= 11 is 1.42. The van der Waals surface area contributed by atoms with Crippen LogP contribution >= 0.6 is 11.8 Å². The first-order valence-corrected chi connectivity index (χ1v) is 10.1. The summed E-state index contributed by atoms with van der Waals surface area (Å²) in [6.07, 6.45) is 7.17. The van der Waals surface area contributed by atoms with Gasteiger partial charge < -0.3 is 15.2 Å². The fourth-order valence-corrected chi connectivity index (χ4v) is 4.80. The maximum absolute atomic E-state index is 12.6. The van der Waals surface area contributed by atoms with Crippen molar-refractivity contribution >= 4 is 23.6 Å². The maximum atomic E-state index is 12.6. The summed E-state index contributed by atoms with van der Waals surface area (Å²) in [5.74, 6) is 2.48. The van der Waals surface area contributed by atoms with Gasteiger partial charge in [-0.15, -0.1) is 10.2 Å². The molecule has 25 heavy (non-hydrogen) atoms. The number of piperidine rings is 1. The van der Waals surface area contributed by atoms with Crippen LogP contribution in [-0.4, -0.2) is 50.3 Å². The molecule has 0 spiro atoms. The molecule has 1 saturated heterocycles. The zero-order valence-electron chi connectivity index (χ0n) is 14.8. The van der Waals surface area contributed by atoms with Crippen molar-refractivity contribution in [3.05, 3.63) is 5.82 Å². The molecule has 0 radical (unpaired) electrons. The molecule has 2 aliphatic rings. The topological polar surface area (TPSA) is 94.1 Å². The Morgan fingerprint density at radius 1 is 1.20 bits per heavy atom. The number of rotatable bonds is 6. The number of carbonyl (C=O) groups excluding carboxylic acids is 2. The fourth-order valence-electron chi connectivity index (χ4n) is 3.97. The van der Waals surface area contributed by atoms with Gasteiger partial charge in [-0.05, 0) is 24.7 Å². The van der Waals surface area contributed by atoms with Crippen LogP contribution in [0.2, 0.25) is 0 Å². The van der Waals surface area contributed by atoms with Crippen molar-refractivity contribution in [3.8, 4) is 0 Å². The number of thioether (sulfide) groups is 1. The largest absolute Gasteiger partial charge is 0.370 e. The Morgan fingerprint density at radius 2 is 1.96 bits per heavy atom. The normalized spacial score (nSPS) is 23.3. The molecule has 2 fully saturated rings. The molecule has 8 heteroatoms. The van der Waals surface area contributed by atoms with Crippen LogP contribution in [0.25, 0.3) is 0 Å². The number of nitrogens with zero attached hydrogens (tertiary/aromatic N) is 4. The highest BCUT2D eigenvalue weighted by Gasteiger charge is 2.32. The first kappa shape index (κ1) is 18.2. The SMILES string of the molecule is Cn1c(CCC(N)=O)nnc1SCC(=O)N1CC[C@H]2CCCC[C@H]2C1. The second kappa shape index (κ2) is 8.21.